The van der Waals surface area contributed by atoms with Gasteiger partial charge < -0.3 is 29.0 Å². The third-order valence-electron chi connectivity index (χ3n) is 7.13. The normalized spacial score (nSPS) is 16.4. The number of aromatic hydroxyl groups is 1. The molecule has 0 unspecified atom stereocenters. The van der Waals surface area contributed by atoms with Gasteiger partial charge in [0.15, 0.2) is 17.3 Å². The Labute approximate surface area is 222 Å². The van der Waals surface area contributed by atoms with Gasteiger partial charge in [-0.1, -0.05) is 12.1 Å². The lowest BCUT2D eigenvalue weighted by Gasteiger charge is -2.36. The number of piperazine rings is 1. The summed E-state index contributed by atoms with van der Waals surface area (Å²) in [6.45, 7) is 5.61. The number of allylic oxidation sites excluding steroid dienone is 1. The van der Waals surface area contributed by atoms with Gasteiger partial charge in [-0.2, -0.15) is 0 Å². The lowest BCUT2D eigenvalue weighted by molar-refractivity contribution is 0.101. The summed E-state index contributed by atoms with van der Waals surface area (Å²) in [5.41, 5.74) is 3.61. The van der Waals surface area contributed by atoms with E-state index in [-0.39, 0.29) is 17.3 Å². The van der Waals surface area contributed by atoms with Crippen LogP contribution in [-0.2, 0) is 6.54 Å². The zero-order valence-corrected chi connectivity index (χ0v) is 22.1. The maximum absolute atomic E-state index is 13.4. The Morgan fingerprint density at radius 1 is 0.974 bits per heavy atom. The number of anilines is 1. The van der Waals surface area contributed by atoms with E-state index in [1.807, 2.05) is 31.2 Å². The Bertz CT molecular complexity index is 1370. The van der Waals surface area contributed by atoms with Crippen LogP contribution < -0.4 is 23.8 Å². The van der Waals surface area contributed by atoms with Crippen molar-refractivity contribution in [2.24, 2.45) is 0 Å². The average Bonchev–Trinajstić information content (AvgIpc) is 3.27. The average molecular weight is 517 g/mol. The van der Waals surface area contributed by atoms with Crippen molar-refractivity contribution in [1.82, 2.24) is 4.90 Å². The maximum Gasteiger partial charge on any atom is 0.232 e. The highest BCUT2D eigenvalue weighted by Gasteiger charge is 2.34. The van der Waals surface area contributed by atoms with Crippen LogP contribution in [0.5, 0.6) is 28.7 Å². The Kier molecular flexibility index (Phi) is 7.15. The van der Waals surface area contributed by atoms with Crippen molar-refractivity contribution in [3.05, 3.63) is 76.5 Å². The summed E-state index contributed by atoms with van der Waals surface area (Å²) in [6, 6.07) is 15.2. The number of hydrogen-bond acceptors (Lipinski definition) is 8. The molecule has 0 spiro atoms. The van der Waals surface area contributed by atoms with Crippen LogP contribution in [0.15, 0.2) is 54.3 Å². The molecular formula is C30H32N2O6. The van der Waals surface area contributed by atoms with Crippen molar-refractivity contribution in [3.63, 3.8) is 0 Å². The van der Waals surface area contributed by atoms with E-state index in [2.05, 4.69) is 21.9 Å². The zero-order chi connectivity index (χ0) is 26.8. The first-order valence-electron chi connectivity index (χ1n) is 12.6. The van der Waals surface area contributed by atoms with Crippen molar-refractivity contribution >= 4 is 17.5 Å². The van der Waals surface area contributed by atoms with E-state index < -0.39 is 0 Å². The van der Waals surface area contributed by atoms with Crippen LogP contribution in [0.2, 0.25) is 0 Å². The highest BCUT2D eigenvalue weighted by atomic mass is 16.5. The lowest BCUT2D eigenvalue weighted by Crippen LogP contribution is -2.46. The highest BCUT2D eigenvalue weighted by molar-refractivity contribution is 6.16. The molecule has 8 heteroatoms. The van der Waals surface area contributed by atoms with Gasteiger partial charge in [0.25, 0.3) is 0 Å². The molecule has 0 saturated carbocycles. The van der Waals surface area contributed by atoms with Gasteiger partial charge in [0.2, 0.25) is 5.78 Å². The maximum atomic E-state index is 13.4. The number of phenolic OH excluding ortho intramolecular Hbond substituents is 1. The van der Waals surface area contributed by atoms with Crippen LogP contribution in [0.25, 0.3) is 6.08 Å². The number of ketones is 1. The number of nitrogens with zero attached hydrogens (tertiary/aromatic N) is 2. The quantitative estimate of drug-likeness (QED) is 0.454. The van der Waals surface area contributed by atoms with E-state index >= 15 is 0 Å². The van der Waals surface area contributed by atoms with Gasteiger partial charge in [0.1, 0.15) is 17.2 Å². The van der Waals surface area contributed by atoms with E-state index in [1.54, 1.807) is 39.5 Å². The molecule has 2 aliphatic rings. The summed E-state index contributed by atoms with van der Waals surface area (Å²) in [4.78, 5) is 18.0. The molecule has 2 heterocycles. The molecule has 0 aromatic heterocycles. The number of hydrogen-bond donors (Lipinski definition) is 1. The molecule has 3 aromatic carbocycles. The van der Waals surface area contributed by atoms with E-state index in [1.165, 1.54) is 0 Å². The van der Waals surface area contributed by atoms with Gasteiger partial charge in [-0.15, -0.1) is 0 Å². The van der Waals surface area contributed by atoms with Crippen molar-refractivity contribution < 1.29 is 28.8 Å². The molecule has 198 valence electrons. The third kappa shape index (κ3) is 4.75. The topological polar surface area (TPSA) is 80.7 Å². The lowest BCUT2D eigenvalue weighted by atomic mass is 9.99. The van der Waals surface area contributed by atoms with Gasteiger partial charge in [0.05, 0.1) is 32.5 Å². The summed E-state index contributed by atoms with van der Waals surface area (Å²) in [7, 11) is 4.79. The van der Waals surface area contributed by atoms with Gasteiger partial charge in [0, 0.05) is 44.0 Å². The molecule has 1 fully saturated rings. The number of fused-ring (bicyclic) bond motifs is 1. The van der Waals surface area contributed by atoms with Crippen LogP contribution in [0, 0.1) is 6.92 Å². The third-order valence-corrected chi connectivity index (χ3v) is 7.13. The molecule has 0 aliphatic carbocycles. The monoisotopic (exact) mass is 516 g/mol. The standard InChI is InChI=1S/C30H32N2O6/c1-19-16-24(33)23(18-31-12-14-32(15-13-31)21-8-10-22(35-2)11-9-21)30-27(19)28(34)26(38-30)17-20-6-5-7-25(36-3)29(20)37-4/h5-11,16-17,33H,12-15,18H2,1-4H3. The summed E-state index contributed by atoms with van der Waals surface area (Å²) in [5, 5.41) is 10.9. The smallest absolute Gasteiger partial charge is 0.232 e. The summed E-state index contributed by atoms with van der Waals surface area (Å²) in [5.74, 6) is 2.45. The van der Waals surface area contributed by atoms with Gasteiger partial charge in [-0.25, -0.2) is 0 Å². The largest absolute Gasteiger partial charge is 0.507 e. The number of aryl methyl sites for hydroxylation is 1. The van der Waals surface area contributed by atoms with Crippen LogP contribution in [-0.4, -0.2) is 63.3 Å². The minimum absolute atomic E-state index is 0.131. The first kappa shape index (κ1) is 25.5. The molecule has 2 aliphatic heterocycles. The number of ether oxygens (including phenoxy) is 4. The van der Waals surface area contributed by atoms with E-state index in [0.717, 1.165) is 37.6 Å². The fourth-order valence-corrected chi connectivity index (χ4v) is 5.08. The SMILES string of the molecule is COc1ccc(N2CCN(Cc3c(O)cc(C)c4c3OC(=Cc3cccc(OC)c3OC)C4=O)CC2)cc1. The second-order valence-electron chi connectivity index (χ2n) is 9.38. The van der Waals surface area contributed by atoms with Crippen molar-refractivity contribution in [3.8, 4) is 28.7 Å². The minimum Gasteiger partial charge on any atom is -0.507 e. The molecular weight excluding hydrogens is 484 g/mol. The molecule has 0 amide bonds. The Hall–Kier alpha value is -4.17. The first-order valence-corrected chi connectivity index (χ1v) is 12.6. The number of carbonyl (C=O) groups is 1. The Morgan fingerprint density at radius 3 is 2.37 bits per heavy atom. The molecule has 8 nitrogen and oxygen atoms in total. The summed E-state index contributed by atoms with van der Waals surface area (Å²) < 4.78 is 22.3. The number of para-hydroxylation sites is 1. The highest BCUT2D eigenvalue weighted by Crippen LogP contribution is 2.43. The number of methoxy groups -OCH3 is 3. The first-order chi connectivity index (χ1) is 18.4. The second kappa shape index (κ2) is 10.7. The van der Waals surface area contributed by atoms with E-state index in [4.69, 9.17) is 18.9 Å². The number of phenols is 1. The molecule has 0 radical (unpaired) electrons. The predicted octanol–water partition coefficient (Wildman–Crippen LogP) is 4.66. The molecule has 0 atom stereocenters. The van der Waals surface area contributed by atoms with Crippen LogP contribution in [0.4, 0.5) is 5.69 Å². The van der Waals surface area contributed by atoms with Gasteiger partial charge >= 0.3 is 0 Å². The molecule has 0 bridgehead atoms. The number of carbonyl (C=O) groups excluding carboxylic acids is 1. The van der Waals surface area contributed by atoms with Gasteiger partial charge in [-0.05, 0) is 55.0 Å². The number of Topliss-reactive ketones (excluding diaryl/α,β-unsaturated/α-hetero) is 1. The summed E-state index contributed by atoms with van der Waals surface area (Å²) >= 11 is 0. The summed E-state index contributed by atoms with van der Waals surface area (Å²) in [6.07, 6.45) is 1.66. The molecule has 1 saturated heterocycles. The fourth-order valence-electron chi connectivity index (χ4n) is 5.08. The van der Waals surface area contributed by atoms with Crippen LogP contribution in [0.1, 0.15) is 27.0 Å². The molecule has 3 aromatic rings. The van der Waals surface area contributed by atoms with Crippen molar-refractivity contribution in [2.75, 3.05) is 52.4 Å². The van der Waals surface area contributed by atoms with Gasteiger partial charge in [-0.3, -0.25) is 9.69 Å². The second-order valence-corrected chi connectivity index (χ2v) is 9.38. The van der Waals surface area contributed by atoms with Crippen molar-refractivity contribution in [2.45, 2.75) is 13.5 Å². The zero-order valence-electron chi connectivity index (χ0n) is 22.1. The van der Waals surface area contributed by atoms with E-state index in [9.17, 15) is 9.90 Å². The molecule has 5 rings (SSSR count). The minimum atomic E-state index is -0.215. The molecule has 1 N–H and O–H groups in total. The Morgan fingerprint density at radius 2 is 1.71 bits per heavy atom. The Balaban J connectivity index is 1.36. The molecule has 38 heavy (non-hydrogen) atoms. The van der Waals surface area contributed by atoms with E-state index in [0.29, 0.717) is 46.0 Å². The van der Waals surface area contributed by atoms with Crippen LogP contribution >= 0.6 is 0 Å². The predicted molar refractivity (Wildman–Crippen MR) is 146 cm³/mol. The number of rotatable bonds is 7. The number of benzene rings is 3. The van der Waals surface area contributed by atoms with Crippen LogP contribution in [0.3, 0.4) is 0 Å². The van der Waals surface area contributed by atoms with Crippen molar-refractivity contribution in [1.29, 1.82) is 0 Å². The fraction of sp³-hybridized carbons (Fsp3) is 0.300.